The first-order valence-electron chi connectivity index (χ1n) is 10.5. The zero-order valence-electron chi connectivity index (χ0n) is 16.1. The molecule has 1 N–H and O–H groups in total. The van der Waals surface area contributed by atoms with Crippen molar-refractivity contribution < 1.29 is 14.7 Å². The van der Waals surface area contributed by atoms with E-state index in [0.717, 1.165) is 44.2 Å². The molecule has 0 aromatic carbocycles. The van der Waals surface area contributed by atoms with Gasteiger partial charge in [-0.05, 0) is 86.7 Å². The van der Waals surface area contributed by atoms with Crippen LogP contribution in [0.2, 0.25) is 0 Å². The van der Waals surface area contributed by atoms with E-state index in [4.69, 9.17) is 4.74 Å². The third kappa shape index (κ3) is 2.22. The average molecular weight is 367 g/mol. The molecule has 0 amide bonds. The van der Waals surface area contributed by atoms with Gasteiger partial charge >= 0.3 is 5.97 Å². The summed E-state index contributed by atoms with van der Waals surface area (Å²) >= 11 is 0. The molecule has 0 aromatic heterocycles. The van der Waals surface area contributed by atoms with Crippen LogP contribution in [0.3, 0.4) is 0 Å². The van der Waals surface area contributed by atoms with Crippen molar-refractivity contribution >= 4 is 11.7 Å². The van der Waals surface area contributed by atoms with Gasteiger partial charge in [-0.15, -0.1) is 6.58 Å². The summed E-state index contributed by atoms with van der Waals surface area (Å²) in [5.74, 6) is 2.75. The molecule has 3 saturated carbocycles. The minimum absolute atomic E-state index is 0.0334. The van der Waals surface area contributed by atoms with Crippen molar-refractivity contribution in [2.24, 2.45) is 40.2 Å². The molecule has 5 aliphatic rings. The highest BCUT2D eigenvalue weighted by atomic mass is 16.6. The molecule has 1 heterocycles. The Hall–Kier alpha value is -1.84. The highest BCUT2D eigenvalue weighted by molar-refractivity contribution is 5.96. The van der Waals surface area contributed by atoms with Crippen LogP contribution >= 0.6 is 0 Å². The Morgan fingerprint density at radius 3 is 2.89 bits per heavy atom. The maximum absolute atomic E-state index is 11.9. The minimum atomic E-state index is -0.384. The number of carbonyl (C=O) groups excluding carboxylic acids is 1. The smallest absolute Gasteiger partial charge is 0.331 e. The molecule has 3 unspecified atom stereocenters. The van der Waals surface area contributed by atoms with E-state index in [1.54, 1.807) is 6.08 Å². The summed E-state index contributed by atoms with van der Waals surface area (Å²) in [4.78, 5) is 11.9. The van der Waals surface area contributed by atoms with Gasteiger partial charge in [0.2, 0.25) is 0 Å². The predicted octanol–water partition coefficient (Wildman–Crippen LogP) is 4.65. The Kier molecular flexibility index (Phi) is 3.73. The summed E-state index contributed by atoms with van der Waals surface area (Å²) in [6.07, 6.45) is 15.4. The Bertz CT molecular complexity index is 780. The van der Waals surface area contributed by atoms with Crippen molar-refractivity contribution in [2.45, 2.75) is 57.5 Å². The van der Waals surface area contributed by atoms with Crippen LogP contribution in [-0.4, -0.2) is 22.5 Å². The molecule has 27 heavy (non-hydrogen) atoms. The Morgan fingerprint density at radius 1 is 1.33 bits per heavy atom. The number of hydrogen-bond acceptors (Lipinski definition) is 4. The van der Waals surface area contributed by atoms with Crippen molar-refractivity contribution in [1.29, 1.82) is 0 Å². The highest BCUT2D eigenvalue weighted by Crippen LogP contribution is 2.67. The molecule has 4 heteroatoms. The molecule has 0 saturated heterocycles. The fourth-order valence-electron chi connectivity index (χ4n) is 7.55. The molecule has 0 radical (unpaired) electrons. The highest BCUT2D eigenvalue weighted by Gasteiger charge is 2.65. The number of carbonyl (C=O) groups is 1. The summed E-state index contributed by atoms with van der Waals surface area (Å²) in [5, 5.41) is 12.7. The lowest BCUT2D eigenvalue weighted by Crippen LogP contribution is -2.54. The molecule has 4 nitrogen and oxygen atoms in total. The van der Waals surface area contributed by atoms with E-state index in [2.05, 4.69) is 36.9 Å². The molecular formula is C23H29NO3. The normalized spacial score (nSPS) is 49.4. The lowest BCUT2D eigenvalue weighted by Gasteiger charge is -2.57. The number of nitrogens with zero attached hydrogens (tertiary/aromatic N) is 1. The third-order valence-corrected chi connectivity index (χ3v) is 8.79. The first-order chi connectivity index (χ1) is 13.0. The summed E-state index contributed by atoms with van der Waals surface area (Å²) in [5.41, 5.74) is 1.94. The number of oxime groups is 1. The zero-order valence-corrected chi connectivity index (χ0v) is 16.1. The molecule has 0 aromatic rings. The Morgan fingerprint density at radius 2 is 2.19 bits per heavy atom. The van der Waals surface area contributed by atoms with Crippen LogP contribution < -0.4 is 0 Å². The van der Waals surface area contributed by atoms with E-state index in [-0.39, 0.29) is 17.0 Å². The topological polar surface area (TPSA) is 58.9 Å². The van der Waals surface area contributed by atoms with Crippen molar-refractivity contribution in [2.75, 3.05) is 0 Å². The van der Waals surface area contributed by atoms with Gasteiger partial charge in [0.25, 0.3) is 0 Å². The van der Waals surface area contributed by atoms with Gasteiger partial charge in [-0.25, -0.2) is 4.79 Å². The van der Waals surface area contributed by atoms with E-state index in [0.29, 0.717) is 29.6 Å². The van der Waals surface area contributed by atoms with E-state index in [1.165, 1.54) is 12.0 Å². The van der Waals surface area contributed by atoms with E-state index in [9.17, 15) is 10.0 Å². The minimum Gasteiger partial charge on any atom is -0.451 e. The third-order valence-electron chi connectivity index (χ3n) is 8.79. The van der Waals surface area contributed by atoms with Crippen molar-refractivity contribution in [3.8, 4) is 0 Å². The molecular weight excluding hydrogens is 338 g/mol. The van der Waals surface area contributed by atoms with Crippen LogP contribution in [-0.2, 0) is 9.53 Å². The van der Waals surface area contributed by atoms with Crippen LogP contribution in [0.4, 0.5) is 0 Å². The van der Waals surface area contributed by atoms with Crippen molar-refractivity contribution in [3.05, 3.63) is 36.5 Å². The summed E-state index contributed by atoms with van der Waals surface area (Å²) in [6.45, 7) is 6.55. The number of allylic oxidation sites excluding steroid dienone is 3. The first-order valence-corrected chi connectivity index (χ1v) is 10.5. The molecule has 144 valence electrons. The molecule has 1 aliphatic heterocycles. The van der Waals surface area contributed by atoms with E-state index >= 15 is 0 Å². The molecule has 4 aliphatic carbocycles. The van der Waals surface area contributed by atoms with Crippen LogP contribution in [0.15, 0.2) is 41.6 Å². The maximum atomic E-state index is 11.9. The van der Waals surface area contributed by atoms with Gasteiger partial charge in [-0.3, -0.25) is 0 Å². The number of fused-ring (bicyclic) bond motifs is 6. The lowest BCUT2D eigenvalue weighted by molar-refractivity contribution is -0.162. The van der Waals surface area contributed by atoms with Gasteiger partial charge in [0, 0.05) is 11.5 Å². The zero-order chi connectivity index (χ0) is 18.8. The van der Waals surface area contributed by atoms with Crippen LogP contribution in [0, 0.1) is 35.0 Å². The number of ether oxygens (including phenoxy) is 1. The van der Waals surface area contributed by atoms with Crippen LogP contribution in [0.25, 0.3) is 0 Å². The van der Waals surface area contributed by atoms with Gasteiger partial charge in [0.15, 0.2) is 0 Å². The van der Waals surface area contributed by atoms with Gasteiger partial charge in [-0.1, -0.05) is 23.7 Å². The van der Waals surface area contributed by atoms with E-state index < -0.39 is 0 Å². The quantitative estimate of drug-likeness (QED) is 0.317. The maximum Gasteiger partial charge on any atom is 0.331 e. The molecule has 5 rings (SSSR count). The van der Waals surface area contributed by atoms with Crippen LogP contribution in [0.5, 0.6) is 0 Å². The van der Waals surface area contributed by atoms with Gasteiger partial charge in [0.1, 0.15) is 5.60 Å². The second-order valence-corrected chi connectivity index (χ2v) is 9.55. The molecule has 1 spiro atoms. The van der Waals surface area contributed by atoms with Gasteiger partial charge in [-0.2, -0.15) is 0 Å². The SMILES string of the molecule is C=C[C@@H]1CC2=C/C(=N/O)CC[C@@H]2C2CC[C@@]3(C)C(CC[C@@]34C=CC(=O)O4)C21. The van der Waals surface area contributed by atoms with Gasteiger partial charge < -0.3 is 9.94 Å². The monoisotopic (exact) mass is 367 g/mol. The summed E-state index contributed by atoms with van der Waals surface area (Å²) in [6, 6.07) is 0. The predicted molar refractivity (Wildman–Crippen MR) is 103 cm³/mol. The second-order valence-electron chi connectivity index (χ2n) is 9.55. The Labute approximate surface area is 161 Å². The Balaban J connectivity index is 1.52. The standard InChI is InChI=1S/C23H29NO3/c1-3-14-12-15-13-16(24-26)4-5-17(15)18-6-9-22(2)19(21(14)18)7-10-23(22)11-8-20(25)27-23/h3,8,11,13-14,17-19,21,26H,1,4-7,9-10,12H2,2H3/b24-16+/t14-,17+,18?,19?,21?,22+,23-/m1/s1. The summed E-state index contributed by atoms with van der Waals surface area (Å²) in [7, 11) is 0. The number of esters is 1. The fourth-order valence-corrected chi connectivity index (χ4v) is 7.55. The number of rotatable bonds is 1. The molecule has 0 bridgehead atoms. The molecule has 7 atom stereocenters. The number of hydrogen-bond donors (Lipinski definition) is 1. The van der Waals surface area contributed by atoms with E-state index in [1.807, 2.05) is 0 Å². The molecule has 3 fully saturated rings. The van der Waals surface area contributed by atoms with Crippen molar-refractivity contribution in [3.63, 3.8) is 0 Å². The van der Waals surface area contributed by atoms with Crippen LogP contribution in [0.1, 0.15) is 51.9 Å². The largest absolute Gasteiger partial charge is 0.451 e. The average Bonchev–Trinajstić information content (AvgIpc) is 3.21. The summed E-state index contributed by atoms with van der Waals surface area (Å²) < 4.78 is 5.94. The first kappa shape index (κ1) is 17.3. The fraction of sp³-hybridized carbons (Fsp3) is 0.652. The van der Waals surface area contributed by atoms with Crippen molar-refractivity contribution in [1.82, 2.24) is 0 Å². The van der Waals surface area contributed by atoms with Gasteiger partial charge in [0.05, 0.1) is 5.71 Å². The second kappa shape index (κ2) is 5.83. The lowest BCUT2D eigenvalue weighted by atomic mass is 9.48.